The van der Waals surface area contributed by atoms with Crippen LogP contribution in [0.2, 0.25) is 5.02 Å². The molecule has 5 heteroatoms. The molecule has 0 unspecified atom stereocenters. The first-order valence-corrected chi connectivity index (χ1v) is 8.39. The first kappa shape index (κ1) is 18.0. The Bertz CT molecular complexity index is 716. The summed E-state index contributed by atoms with van der Waals surface area (Å²) in [5, 5.41) is 6.28. The van der Waals surface area contributed by atoms with E-state index in [4.69, 9.17) is 11.6 Å². The van der Waals surface area contributed by atoms with E-state index in [-0.39, 0.29) is 11.8 Å². The van der Waals surface area contributed by atoms with E-state index in [0.29, 0.717) is 29.2 Å². The van der Waals surface area contributed by atoms with Gasteiger partial charge < -0.3 is 10.6 Å². The second-order valence-corrected chi connectivity index (χ2v) is 5.87. The fraction of sp³-hybridized carbons (Fsp3) is 0.263. The lowest BCUT2D eigenvalue weighted by atomic mass is 10.1. The van der Waals surface area contributed by atoms with Crippen LogP contribution in [0.25, 0.3) is 0 Å². The predicted octanol–water partition coefficient (Wildman–Crippen LogP) is 3.80. The molecule has 4 nitrogen and oxygen atoms in total. The second kappa shape index (κ2) is 9.08. The minimum absolute atomic E-state index is 0.163. The first-order valence-electron chi connectivity index (χ1n) is 8.01. The quantitative estimate of drug-likeness (QED) is 0.750. The minimum Gasteiger partial charge on any atom is -0.352 e. The zero-order chi connectivity index (χ0) is 17.4. The topological polar surface area (TPSA) is 58.2 Å². The van der Waals surface area contributed by atoms with Crippen LogP contribution in [0, 0.1) is 0 Å². The van der Waals surface area contributed by atoms with Crippen molar-refractivity contribution in [1.82, 2.24) is 10.6 Å². The SMILES string of the molecule is CCCCNC(=O)c1cccc(C(=O)NCc2ccccc2Cl)c1. The molecule has 126 valence electrons. The minimum atomic E-state index is -0.238. The molecule has 0 radical (unpaired) electrons. The van der Waals surface area contributed by atoms with Gasteiger partial charge in [0.1, 0.15) is 0 Å². The molecule has 0 saturated heterocycles. The Labute approximate surface area is 147 Å². The summed E-state index contributed by atoms with van der Waals surface area (Å²) in [6, 6.07) is 14.0. The first-order chi connectivity index (χ1) is 11.6. The molecular weight excluding hydrogens is 324 g/mol. The fourth-order valence-electron chi connectivity index (χ4n) is 2.20. The van der Waals surface area contributed by atoms with Crippen LogP contribution in [-0.2, 0) is 6.54 Å². The monoisotopic (exact) mass is 344 g/mol. The van der Waals surface area contributed by atoms with E-state index in [2.05, 4.69) is 17.6 Å². The predicted molar refractivity (Wildman–Crippen MR) is 96.3 cm³/mol. The van der Waals surface area contributed by atoms with Crippen molar-refractivity contribution in [3.05, 3.63) is 70.2 Å². The number of unbranched alkanes of at least 4 members (excludes halogenated alkanes) is 1. The molecule has 2 aromatic carbocycles. The van der Waals surface area contributed by atoms with Gasteiger partial charge in [0, 0.05) is 29.2 Å². The molecule has 2 N–H and O–H groups in total. The number of halogens is 1. The molecule has 0 fully saturated rings. The average molecular weight is 345 g/mol. The van der Waals surface area contributed by atoms with Crippen LogP contribution in [0.3, 0.4) is 0 Å². The van der Waals surface area contributed by atoms with Crippen LogP contribution in [0.4, 0.5) is 0 Å². The van der Waals surface area contributed by atoms with E-state index in [9.17, 15) is 9.59 Å². The molecule has 0 aliphatic heterocycles. The molecule has 2 amide bonds. The maximum Gasteiger partial charge on any atom is 0.251 e. The van der Waals surface area contributed by atoms with Crippen molar-refractivity contribution in [3.63, 3.8) is 0 Å². The van der Waals surface area contributed by atoms with E-state index < -0.39 is 0 Å². The molecule has 0 bridgehead atoms. The van der Waals surface area contributed by atoms with Crippen LogP contribution in [-0.4, -0.2) is 18.4 Å². The van der Waals surface area contributed by atoms with Gasteiger partial charge in [0.2, 0.25) is 0 Å². The highest BCUT2D eigenvalue weighted by molar-refractivity contribution is 6.31. The summed E-state index contributed by atoms with van der Waals surface area (Å²) in [7, 11) is 0. The van der Waals surface area contributed by atoms with E-state index in [0.717, 1.165) is 18.4 Å². The van der Waals surface area contributed by atoms with Crippen molar-refractivity contribution in [1.29, 1.82) is 0 Å². The Kier molecular flexibility index (Phi) is 6.82. The zero-order valence-electron chi connectivity index (χ0n) is 13.6. The number of amides is 2. The lowest BCUT2D eigenvalue weighted by Gasteiger charge is -2.09. The summed E-state index contributed by atoms with van der Waals surface area (Å²) >= 11 is 6.08. The van der Waals surface area contributed by atoms with Gasteiger partial charge >= 0.3 is 0 Å². The summed E-state index contributed by atoms with van der Waals surface area (Å²) in [5.41, 5.74) is 1.78. The number of hydrogen-bond donors (Lipinski definition) is 2. The smallest absolute Gasteiger partial charge is 0.251 e. The number of hydrogen-bond acceptors (Lipinski definition) is 2. The maximum absolute atomic E-state index is 12.3. The van der Waals surface area contributed by atoms with E-state index in [1.165, 1.54) is 0 Å². The van der Waals surface area contributed by atoms with Crippen LogP contribution in [0.15, 0.2) is 48.5 Å². The molecule has 2 rings (SSSR count). The maximum atomic E-state index is 12.3. The summed E-state index contributed by atoms with van der Waals surface area (Å²) in [5.74, 6) is -0.401. The molecule has 0 saturated carbocycles. The van der Waals surface area contributed by atoms with Gasteiger partial charge in [0.05, 0.1) is 0 Å². The Morgan fingerprint density at radius 1 is 0.958 bits per heavy atom. The van der Waals surface area contributed by atoms with Crippen molar-refractivity contribution in [2.24, 2.45) is 0 Å². The van der Waals surface area contributed by atoms with Gasteiger partial charge in [0.25, 0.3) is 11.8 Å². The van der Waals surface area contributed by atoms with E-state index >= 15 is 0 Å². The third-order valence-corrected chi connectivity index (χ3v) is 3.97. The Morgan fingerprint density at radius 3 is 2.29 bits per heavy atom. The molecule has 0 aliphatic rings. The van der Waals surface area contributed by atoms with Crippen molar-refractivity contribution in [3.8, 4) is 0 Å². The van der Waals surface area contributed by atoms with E-state index in [1.54, 1.807) is 30.3 Å². The molecular formula is C19H21ClN2O2. The lowest BCUT2D eigenvalue weighted by molar-refractivity contribution is 0.0950. The van der Waals surface area contributed by atoms with Crippen molar-refractivity contribution in [2.45, 2.75) is 26.3 Å². The van der Waals surface area contributed by atoms with Gasteiger partial charge in [-0.05, 0) is 36.2 Å². The van der Waals surface area contributed by atoms with Gasteiger partial charge in [-0.1, -0.05) is 49.2 Å². The third-order valence-electron chi connectivity index (χ3n) is 3.60. The third kappa shape index (κ3) is 5.10. The normalized spacial score (nSPS) is 10.2. The summed E-state index contributed by atoms with van der Waals surface area (Å²) in [6.07, 6.45) is 1.95. The number of carbonyl (C=O) groups excluding carboxylic acids is 2. The van der Waals surface area contributed by atoms with Crippen molar-refractivity contribution in [2.75, 3.05) is 6.54 Å². The van der Waals surface area contributed by atoms with Gasteiger partial charge in [-0.15, -0.1) is 0 Å². The Morgan fingerprint density at radius 2 is 1.62 bits per heavy atom. The van der Waals surface area contributed by atoms with Gasteiger partial charge in [-0.2, -0.15) is 0 Å². The molecule has 0 spiro atoms. The van der Waals surface area contributed by atoms with Crippen molar-refractivity contribution >= 4 is 23.4 Å². The molecule has 24 heavy (non-hydrogen) atoms. The largest absolute Gasteiger partial charge is 0.352 e. The summed E-state index contributed by atoms with van der Waals surface area (Å²) in [6.45, 7) is 3.04. The number of nitrogens with one attached hydrogen (secondary N) is 2. The lowest BCUT2D eigenvalue weighted by Crippen LogP contribution is -2.26. The van der Waals surface area contributed by atoms with Crippen LogP contribution >= 0.6 is 11.6 Å². The number of benzene rings is 2. The van der Waals surface area contributed by atoms with Crippen LogP contribution < -0.4 is 10.6 Å². The van der Waals surface area contributed by atoms with E-state index in [1.807, 2.05) is 18.2 Å². The highest BCUT2D eigenvalue weighted by atomic mass is 35.5. The molecule has 0 atom stereocenters. The summed E-state index contributed by atoms with van der Waals surface area (Å²) < 4.78 is 0. The van der Waals surface area contributed by atoms with Crippen LogP contribution in [0.1, 0.15) is 46.0 Å². The fourth-order valence-corrected chi connectivity index (χ4v) is 2.40. The number of rotatable bonds is 7. The van der Waals surface area contributed by atoms with Gasteiger partial charge in [0.15, 0.2) is 0 Å². The van der Waals surface area contributed by atoms with Gasteiger partial charge in [-0.25, -0.2) is 0 Å². The highest BCUT2D eigenvalue weighted by Crippen LogP contribution is 2.14. The van der Waals surface area contributed by atoms with Gasteiger partial charge in [-0.3, -0.25) is 9.59 Å². The molecule has 0 aromatic heterocycles. The Balaban J connectivity index is 1.98. The average Bonchev–Trinajstić information content (AvgIpc) is 2.61. The standard InChI is InChI=1S/C19H21ClN2O2/c1-2-3-11-21-18(23)14-8-6-9-15(12-14)19(24)22-13-16-7-4-5-10-17(16)20/h4-10,12H,2-3,11,13H2,1H3,(H,21,23)(H,22,24). The molecule has 2 aromatic rings. The van der Waals surface area contributed by atoms with Crippen LogP contribution in [0.5, 0.6) is 0 Å². The van der Waals surface area contributed by atoms with Crippen molar-refractivity contribution < 1.29 is 9.59 Å². The summed E-state index contributed by atoms with van der Waals surface area (Å²) in [4.78, 5) is 24.3. The molecule has 0 aliphatic carbocycles. The number of carbonyl (C=O) groups is 2. The second-order valence-electron chi connectivity index (χ2n) is 5.46. The highest BCUT2D eigenvalue weighted by Gasteiger charge is 2.10. The molecule has 0 heterocycles. The zero-order valence-corrected chi connectivity index (χ0v) is 14.4. The Hall–Kier alpha value is -2.33.